The number of alkyl carbamates (subject to hydrolysis) is 1. The number of aliphatic hydroxyl groups is 1. The number of carbonyl (C=O) groups is 3. The van der Waals surface area contributed by atoms with Crippen LogP contribution in [0.15, 0.2) is 72.8 Å². The number of hydrogen-bond donors (Lipinski definition) is 4. The molecule has 4 N–H and O–H groups in total. The van der Waals surface area contributed by atoms with E-state index in [2.05, 4.69) is 28.9 Å². The van der Waals surface area contributed by atoms with Crippen LogP contribution in [0.2, 0.25) is 0 Å². The van der Waals surface area contributed by atoms with Gasteiger partial charge in [0.1, 0.15) is 24.3 Å². The molecule has 0 saturated carbocycles. The van der Waals surface area contributed by atoms with Crippen LogP contribution >= 0.6 is 0 Å². The van der Waals surface area contributed by atoms with Crippen LogP contribution in [0.3, 0.4) is 0 Å². The van der Waals surface area contributed by atoms with E-state index in [1.165, 1.54) is 5.56 Å². The van der Waals surface area contributed by atoms with Crippen LogP contribution < -0.4 is 16.0 Å². The Kier molecular flexibility index (Phi) is 16.7. The van der Waals surface area contributed by atoms with E-state index in [-0.39, 0.29) is 43.9 Å². The van der Waals surface area contributed by atoms with Gasteiger partial charge >= 0.3 is 6.09 Å². The Morgan fingerprint density at radius 2 is 1.47 bits per heavy atom. The van der Waals surface area contributed by atoms with Gasteiger partial charge in [-0.1, -0.05) is 75.4 Å². The number of amides is 3. The summed E-state index contributed by atoms with van der Waals surface area (Å²) in [5.41, 5.74) is 3.17. The van der Waals surface area contributed by atoms with E-state index >= 15 is 0 Å². The van der Waals surface area contributed by atoms with Crippen molar-refractivity contribution in [3.05, 3.63) is 107 Å². The molecule has 0 aliphatic heterocycles. The summed E-state index contributed by atoms with van der Waals surface area (Å²) in [7, 11) is 0. The Labute approximate surface area is 288 Å². The summed E-state index contributed by atoms with van der Waals surface area (Å²) in [5.74, 6) is -2.39. The molecule has 3 amide bonds. The Bertz CT molecular complexity index is 1450. The zero-order chi connectivity index (χ0) is 35.6. The van der Waals surface area contributed by atoms with Gasteiger partial charge in [-0.2, -0.15) is 0 Å². The van der Waals surface area contributed by atoms with E-state index < -0.39 is 41.8 Å². The van der Waals surface area contributed by atoms with Gasteiger partial charge in [0.15, 0.2) is 0 Å². The zero-order valence-corrected chi connectivity index (χ0v) is 28.7. The predicted octanol–water partition coefficient (Wildman–Crippen LogP) is 5.43. The minimum absolute atomic E-state index is 0.0161. The lowest BCUT2D eigenvalue weighted by Gasteiger charge is -2.28. The summed E-state index contributed by atoms with van der Waals surface area (Å²) in [5, 5.41) is 19.8. The molecule has 0 bridgehead atoms. The SMILES string of the molecule is CCCN(CCC)C(=O)CC[C@H](NC(=O)OCc1ccccc1)C(=O)N[C@@H](Cc1cc(F)cc(F)c1)[C@H](O)CNCc1cccc(CC)c1. The highest BCUT2D eigenvalue weighted by molar-refractivity contribution is 5.87. The van der Waals surface area contributed by atoms with Crippen molar-refractivity contribution in [2.45, 2.75) is 90.6 Å². The number of aliphatic hydroxyl groups excluding tert-OH is 1. The molecule has 3 rings (SSSR count). The molecule has 49 heavy (non-hydrogen) atoms. The molecule has 0 aromatic heterocycles. The van der Waals surface area contributed by atoms with Crippen LogP contribution in [0.1, 0.15) is 68.7 Å². The second-order valence-electron chi connectivity index (χ2n) is 12.1. The lowest BCUT2D eigenvalue weighted by molar-refractivity contribution is -0.132. The second-order valence-corrected chi connectivity index (χ2v) is 12.1. The Balaban J connectivity index is 1.77. The number of aryl methyl sites for hydroxylation is 1. The van der Waals surface area contributed by atoms with Crippen LogP contribution in [0, 0.1) is 11.6 Å². The number of nitrogens with zero attached hydrogens (tertiary/aromatic N) is 1. The largest absolute Gasteiger partial charge is 0.445 e. The molecular weight excluding hydrogens is 630 g/mol. The van der Waals surface area contributed by atoms with E-state index in [0.717, 1.165) is 48.6 Å². The predicted molar refractivity (Wildman–Crippen MR) is 185 cm³/mol. The maximum absolute atomic E-state index is 14.1. The summed E-state index contributed by atoms with van der Waals surface area (Å²) in [6.07, 6.45) is 0.258. The fraction of sp³-hybridized carbons (Fsp3) is 0.447. The average Bonchev–Trinajstić information content (AvgIpc) is 3.08. The van der Waals surface area contributed by atoms with Crippen molar-refractivity contribution in [1.82, 2.24) is 20.9 Å². The molecule has 3 aromatic rings. The van der Waals surface area contributed by atoms with Crippen molar-refractivity contribution >= 4 is 17.9 Å². The minimum atomic E-state index is -1.19. The van der Waals surface area contributed by atoms with Crippen molar-refractivity contribution in [3.8, 4) is 0 Å². The van der Waals surface area contributed by atoms with Gasteiger partial charge in [0.25, 0.3) is 0 Å². The first-order valence-electron chi connectivity index (χ1n) is 17.1. The van der Waals surface area contributed by atoms with E-state index in [0.29, 0.717) is 19.6 Å². The van der Waals surface area contributed by atoms with Crippen molar-refractivity contribution in [1.29, 1.82) is 0 Å². The molecular formula is C38H50F2N4O5. The standard InChI is InChI=1S/C38H50F2N4O5/c1-4-17-44(18-5-2)36(46)16-15-33(43-38(48)49-26-28-11-8-7-9-12-28)37(47)42-34(22-30-20-31(39)23-32(40)21-30)35(45)25-41-24-29-14-10-13-27(6-3)19-29/h7-14,19-21,23,33-35,41,45H,4-6,15-18,22,24-26H2,1-3H3,(H,42,47)(H,43,48)/t33-,34-,35+/m0/s1. The third-order valence-electron chi connectivity index (χ3n) is 8.06. The zero-order valence-electron chi connectivity index (χ0n) is 28.7. The molecule has 0 spiro atoms. The van der Waals surface area contributed by atoms with E-state index in [1.54, 1.807) is 17.0 Å². The van der Waals surface area contributed by atoms with Crippen LogP contribution in [0.5, 0.6) is 0 Å². The molecule has 0 radical (unpaired) electrons. The summed E-state index contributed by atoms with van der Waals surface area (Å²) >= 11 is 0. The second kappa shape index (κ2) is 20.9. The van der Waals surface area contributed by atoms with Gasteiger partial charge in [-0.05, 0) is 66.5 Å². The smallest absolute Gasteiger partial charge is 0.408 e. The van der Waals surface area contributed by atoms with Crippen LogP contribution in [-0.4, -0.2) is 65.7 Å². The van der Waals surface area contributed by atoms with Gasteiger partial charge in [0.2, 0.25) is 11.8 Å². The fourth-order valence-corrected chi connectivity index (χ4v) is 5.52. The molecule has 266 valence electrons. The highest BCUT2D eigenvalue weighted by Crippen LogP contribution is 2.14. The fourth-order valence-electron chi connectivity index (χ4n) is 5.52. The maximum Gasteiger partial charge on any atom is 0.408 e. The highest BCUT2D eigenvalue weighted by atomic mass is 19.1. The summed E-state index contributed by atoms with van der Waals surface area (Å²) in [6.45, 7) is 7.64. The first-order chi connectivity index (χ1) is 23.6. The van der Waals surface area contributed by atoms with Gasteiger partial charge in [0.05, 0.1) is 12.1 Å². The Morgan fingerprint density at radius 1 is 0.816 bits per heavy atom. The molecule has 0 unspecified atom stereocenters. The summed E-state index contributed by atoms with van der Waals surface area (Å²) < 4.78 is 33.6. The molecule has 0 fully saturated rings. The normalized spacial score (nSPS) is 12.9. The number of halogens is 2. The van der Waals surface area contributed by atoms with Crippen LogP contribution in [0.4, 0.5) is 13.6 Å². The third-order valence-corrected chi connectivity index (χ3v) is 8.06. The molecule has 0 heterocycles. The summed E-state index contributed by atoms with van der Waals surface area (Å²) in [4.78, 5) is 41.5. The van der Waals surface area contributed by atoms with Gasteiger partial charge in [-0.3, -0.25) is 9.59 Å². The number of rotatable bonds is 20. The average molecular weight is 681 g/mol. The number of hydrogen-bond acceptors (Lipinski definition) is 6. The maximum atomic E-state index is 14.1. The topological polar surface area (TPSA) is 120 Å². The van der Waals surface area contributed by atoms with Crippen molar-refractivity contribution in [2.24, 2.45) is 0 Å². The molecule has 9 nitrogen and oxygen atoms in total. The Hall–Kier alpha value is -4.35. The monoisotopic (exact) mass is 680 g/mol. The summed E-state index contributed by atoms with van der Waals surface area (Å²) in [6, 6.07) is 17.9. The van der Waals surface area contributed by atoms with Crippen LogP contribution in [-0.2, 0) is 40.3 Å². The molecule has 3 atom stereocenters. The van der Waals surface area contributed by atoms with Crippen molar-refractivity contribution in [2.75, 3.05) is 19.6 Å². The van der Waals surface area contributed by atoms with Crippen molar-refractivity contribution in [3.63, 3.8) is 0 Å². The Morgan fingerprint density at radius 3 is 2.12 bits per heavy atom. The van der Waals surface area contributed by atoms with Crippen molar-refractivity contribution < 1.29 is 33.0 Å². The minimum Gasteiger partial charge on any atom is -0.445 e. The van der Waals surface area contributed by atoms with Gasteiger partial charge in [-0.15, -0.1) is 0 Å². The quantitative estimate of drug-likeness (QED) is 0.126. The van der Waals surface area contributed by atoms with E-state index in [9.17, 15) is 28.3 Å². The van der Waals surface area contributed by atoms with Gasteiger partial charge in [-0.25, -0.2) is 13.6 Å². The molecule has 11 heteroatoms. The lowest BCUT2D eigenvalue weighted by Crippen LogP contribution is -2.55. The van der Waals surface area contributed by atoms with E-state index in [4.69, 9.17) is 4.74 Å². The van der Waals surface area contributed by atoms with Crippen LogP contribution in [0.25, 0.3) is 0 Å². The van der Waals surface area contributed by atoms with Gasteiger partial charge < -0.3 is 30.7 Å². The first-order valence-corrected chi connectivity index (χ1v) is 17.1. The number of carbonyl (C=O) groups excluding carboxylic acids is 3. The molecule has 0 saturated heterocycles. The first kappa shape index (κ1) is 39.1. The van der Waals surface area contributed by atoms with Gasteiger partial charge in [0, 0.05) is 38.7 Å². The highest BCUT2D eigenvalue weighted by Gasteiger charge is 2.29. The third kappa shape index (κ3) is 14.0. The number of benzene rings is 3. The molecule has 0 aliphatic carbocycles. The van der Waals surface area contributed by atoms with E-state index in [1.807, 2.05) is 50.2 Å². The molecule has 0 aliphatic rings. The lowest BCUT2D eigenvalue weighted by atomic mass is 9.99. The molecule has 3 aromatic carbocycles. The number of nitrogens with one attached hydrogen (secondary N) is 3. The number of ether oxygens (including phenoxy) is 1.